The second-order valence-corrected chi connectivity index (χ2v) is 7.75. The molecule has 0 saturated heterocycles. The summed E-state index contributed by atoms with van der Waals surface area (Å²) in [6.07, 6.45) is 7.49. The summed E-state index contributed by atoms with van der Waals surface area (Å²) in [5.74, 6) is -0.606. The van der Waals surface area contributed by atoms with Crippen molar-refractivity contribution in [1.29, 1.82) is 5.26 Å². The van der Waals surface area contributed by atoms with Gasteiger partial charge in [-0.1, -0.05) is 66.2 Å². The summed E-state index contributed by atoms with van der Waals surface area (Å²) in [7, 11) is 1.42. The smallest absolute Gasteiger partial charge is 0.339 e. The van der Waals surface area contributed by atoms with E-state index in [1.165, 1.54) is 7.11 Å². The number of carbonyl (C=O) groups excluding carboxylic acids is 2. The van der Waals surface area contributed by atoms with Crippen LogP contribution in [0.25, 0.3) is 0 Å². The summed E-state index contributed by atoms with van der Waals surface area (Å²) >= 11 is 3.59. The molecule has 6 heteroatoms. The number of benzene rings is 1. The van der Waals surface area contributed by atoms with E-state index in [0.717, 1.165) is 44.9 Å². The highest BCUT2D eigenvalue weighted by molar-refractivity contribution is 9.09. The number of nitriles is 1. The van der Waals surface area contributed by atoms with Gasteiger partial charge in [0.1, 0.15) is 6.07 Å². The molecule has 0 bridgehead atoms. The molecule has 0 fully saturated rings. The lowest BCUT2D eigenvalue weighted by atomic mass is 10.0. The fourth-order valence-corrected chi connectivity index (χ4v) is 3.36. The summed E-state index contributed by atoms with van der Waals surface area (Å²) in [6, 6.07) is 10.8. The van der Waals surface area contributed by atoms with Crippen molar-refractivity contribution < 1.29 is 19.1 Å². The Bertz CT molecular complexity index is 600. The van der Waals surface area contributed by atoms with Crippen LogP contribution in [0.1, 0.15) is 68.1 Å². The van der Waals surface area contributed by atoms with E-state index < -0.39 is 12.1 Å². The molecule has 0 N–H and O–H groups in total. The molecular formula is C21H28BrNO4. The van der Waals surface area contributed by atoms with Gasteiger partial charge in [0.2, 0.25) is 0 Å². The summed E-state index contributed by atoms with van der Waals surface area (Å²) in [5, 5.41) is 9.24. The van der Waals surface area contributed by atoms with Crippen LogP contribution in [-0.2, 0) is 14.3 Å². The number of halogens is 1. The zero-order chi connectivity index (χ0) is 19.9. The number of esters is 2. The maximum Gasteiger partial charge on any atom is 0.339 e. The van der Waals surface area contributed by atoms with Crippen LogP contribution < -0.4 is 0 Å². The van der Waals surface area contributed by atoms with Gasteiger partial charge in [-0.25, -0.2) is 4.79 Å². The van der Waals surface area contributed by atoms with Crippen molar-refractivity contribution in [2.75, 3.05) is 7.11 Å². The molecule has 0 aliphatic carbocycles. The maximum absolute atomic E-state index is 12.0. The first-order valence-corrected chi connectivity index (χ1v) is 10.3. The molecule has 1 rings (SSSR count). The zero-order valence-electron chi connectivity index (χ0n) is 15.9. The molecule has 0 radical (unpaired) electrons. The topological polar surface area (TPSA) is 76.4 Å². The maximum atomic E-state index is 12.0. The van der Waals surface area contributed by atoms with E-state index in [1.807, 2.05) is 6.07 Å². The Morgan fingerprint density at radius 3 is 2.33 bits per heavy atom. The van der Waals surface area contributed by atoms with Gasteiger partial charge in [-0.2, -0.15) is 5.26 Å². The standard InChI is InChI=1S/C21H28BrNO4/c1-26-20(24)14-10-5-3-2-4-9-13-18(22)15-19(16-23)27-21(25)17-11-7-6-8-12-17/h6-8,11-12,18-19H,2-5,9-10,13-15H2,1H3. The van der Waals surface area contributed by atoms with Crippen LogP contribution >= 0.6 is 15.9 Å². The lowest BCUT2D eigenvalue weighted by Gasteiger charge is -2.15. The van der Waals surface area contributed by atoms with Crippen molar-refractivity contribution in [1.82, 2.24) is 0 Å². The van der Waals surface area contributed by atoms with Gasteiger partial charge in [0, 0.05) is 17.7 Å². The molecule has 27 heavy (non-hydrogen) atoms. The van der Waals surface area contributed by atoms with Crippen molar-refractivity contribution in [3.05, 3.63) is 35.9 Å². The predicted octanol–water partition coefficient (Wildman–Crippen LogP) is 5.18. The minimum Gasteiger partial charge on any atom is -0.469 e. The highest BCUT2D eigenvalue weighted by Crippen LogP contribution is 2.19. The molecule has 1 aromatic carbocycles. The molecule has 0 saturated carbocycles. The second-order valence-electron chi connectivity index (χ2n) is 6.46. The van der Waals surface area contributed by atoms with Crippen molar-refractivity contribution in [3.8, 4) is 6.07 Å². The Balaban J connectivity index is 2.14. The predicted molar refractivity (Wildman–Crippen MR) is 108 cm³/mol. The average molecular weight is 438 g/mol. The Morgan fingerprint density at radius 1 is 1.07 bits per heavy atom. The third kappa shape index (κ3) is 10.8. The normalized spacial score (nSPS) is 12.6. The molecule has 0 heterocycles. The molecular weight excluding hydrogens is 410 g/mol. The number of carbonyl (C=O) groups is 2. The number of rotatable bonds is 13. The van der Waals surface area contributed by atoms with E-state index in [4.69, 9.17) is 4.74 Å². The minimum atomic E-state index is -0.750. The Morgan fingerprint density at radius 2 is 1.70 bits per heavy atom. The number of nitrogens with zero attached hydrogens (tertiary/aromatic N) is 1. The van der Waals surface area contributed by atoms with E-state index in [-0.39, 0.29) is 10.8 Å². The first-order chi connectivity index (χ1) is 13.1. The Hall–Kier alpha value is -1.87. The summed E-state index contributed by atoms with van der Waals surface area (Å²) in [6.45, 7) is 0. The first-order valence-electron chi connectivity index (χ1n) is 9.43. The fraction of sp³-hybridized carbons (Fsp3) is 0.571. The molecule has 0 aliphatic heterocycles. The molecule has 5 nitrogen and oxygen atoms in total. The minimum absolute atomic E-state index is 0.142. The number of methoxy groups -OCH3 is 1. The summed E-state index contributed by atoms with van der Waals surface area (Å²) in [4.78, 5) is 23.2. The van der Waals surface area contributed by atoms with Crippen molar-refractivity contribution in [3.63, 3.8) is 0 Å². The third-order valence-electron chi connectivity index (χ3n) is 4.25. The molecule has 148 valence electrons. The van der Waals surface area contributed by atoms with Crippen LogP contribution in [0.5, 0.6) is 0 Å². The second kappa shape index (κ2) is 14.2. The number of unbranched alkanes of at least 4 members (excludes halogenated alkanes) is 5. The number of alkyl halides is 1. The Kier molecular flexibility index (Phi) is 12.2. The van der Waals surface area contributed by atoms with Crippen LogP contribution in [0.15, 0.2) is 30.3 Å². The van der Waals surface area contributed by atoms with E-state index in [1.54, 1.807) is 24.3 Å². The zero-order valence-corrected chi connectivity index (χ0v) is 17.4. The van der Waals surface area contributed by atoms with Gasteiger partial charge in [-0.05, 0) is 25.0 Å². The van der Waals surface area contributed by atoms with Crippen LogP contribution in [-0.4, -0.2) is 30.0 Å². The molecule has 0 spiro atoms. The van der Waals surface area contributed by atoms with Gasteiger partial charge in [0.05, 0.1) is 12.7 Å². The molecule has 0 aliphatic rings. The molecule has 2 atom stereocenters. The fourth-order valence-electron chi connectivity index (χ4n) is 2.69. The van der Waals surface area contributed by atoms with Crippen LogP contribution in [0, 0.1) is 11.3 Å². The summed E-state index contributed by atoms with van der Waals surface area (Å²) < 4.78 is 9.90. The SMILES string of the molecule is COC(=O)CCCCCCCCC(Br)CC(C#N)OC(=O)c1ccccc1. The van der Waals surface area contributed by atoms with Gasteiger partial charge in [-0.3, -0.25) is 4.79 Å². The number of hydrogen-bond acceptors (Lipinski definition) is 5. The van der Waals surface area contributed by atoms with E-state index >= 15 is 0 Å². The monoisotopic (exact) mass is 437 g/mol. The third-order valence-corrected chi connectivity index (χ3v) is 5.08. The molecule has 1 aromatic rings. The van der Waals surface area contributed by atoms with E-state index in [9.17, 15) is 14.9 Å². The van der Waals surface area contributed by atoms with Gasteiger partial charge in [0.15, 0.2) is 6.10 Å². The highest BCUT2D eigenvalue weighted by atomic mass is 79.9. The highest BCUT2D eigenvalue weighted by Gasteiger charge is 2.19. The number of hydrogen-bond donors (Lipinski definition) is 0. The molecule has 2 unspecified atom stereocenters. The molecule has 0 aromatic heterocycles. The lowest BCUT2D eigenvalue weighted by molar-refractivity contribution is -0.140. The quantitative estimate of drug-likeness (QED) is 0.241. The van der Waals surface area contributed by atoms with Gasteiger partial charge in [-0.15, -0.1) is 0 Å². The lowest BCUT2D eigenvalue weighted by Crippen LogP contribution is -2.20. The van der Waals surface area contributed by atoms with Gasteiger partial charge in [0.25, 0.3) is 0 Å². The van der Waals surface area contributed by atoms with E-state index in [2.05, 4.69) is 26.7 Å². The van der Waals surface area contributed by atoms with Crippen LogP contribution in [0.4, 0.5) is 0 Å². The van der Waals surface area contributed by atoms with Gasteiger partial charge >= 0.3 is 11.9 Å². The van der Waals surface area contributed by atoms with Crippen molar-refractivity contribution in [2.45, 2.75) is 68.7 Å². The summed E-state index contributed by atoms with van der Waals surface area (Å²) in [5.41, 5.74) is 0.455. The van der Waals surface area contributed by atoms with Crippen LogP contribution in [0.2, 0.25) is 0 Å². The van der Waals surface area contributed by atoms with Gasteiger partial charge < -0.3 is 9.47 Å². The first kappa shape index (κ1) is 23.2. The number of ether oxygens (including phenoxy) is 2. The molecule has 0 amide bonds. The Labute approximate surface area is 170 Å². The average Bonchev–Trinajstić information content (AvgIpc) is 2.69. The van der Waals surface area contributed by atoms with Crippen LogP contribution in [0.3, 0.4) is 0 Å². The van der Waals surface area contributed by atoms with Crippen molar-refractivity contribution in [2.24, 2.45) is 0 Å². The largest absolute Gasteiger partial charge is 0.469 e. The van der Waals surface area contributed by atoms with E-state index in [0.29, 0.717) is 18.4 Å². The van der Waals surface area contributed by atoms with Crippen molar-refractivity contribution >= 4 is 27.9 Å².